The van der Waals surface area contributed by atoms with Crippen molar-refractivity contribution in [2.24, 2.45) is 17.8 Å². The van der Waals surface area contributed by atoms with Crippen LogP contribution in [0.25, 0.3) is 0 Å². The molecule has 0 radical (unpaired) electrons. The lowest BCUT2D eigenvalue weighted by Crippen LogP contribution is -2.25. The fourth-order valence-corrected chi connectivity index (χ4v) is 3.02. The molecule has 0 aromatic carbocycles. The van der Waals surface area contributed by atoms with Crippen molar-refractivity contribution in [2.45, 2.75) is 33.6 Å². The summed E-state index contributed by atoms with van der Waals surface area (Å²) in [7, 11) is 0. The molecule has 5 heteroatoms. The lowest BCUT2D eigenvalue weighted by Gasteiger charge is -2.21. The second-order valence-electron chi connectivity index (χ2n) is 5.88. The molecule has 1 aliphatic rings. The number of anilines is 1. The second kappa shape index (κ2) is 6.20. The van der Waals surface area contributed by atoms with Crippen LogP contribution in [0, 0.1) is 17.8 Å². The van der Waals surface area contributed by atoms with Gasteiger partial charge in [-0.05, 0) is 18.3 Å². The third-order valence-corrected chi connectivity index (χ3v) is 4.12. The first-order valence-corrected chi connectivity index (χ1v) is 7.31. The zero-order valence-corrected chi connectivity index (χ0v) is 12.4. The predicted octanol–water partition coefficient (Wildman–Crippen LogP) is 2.22. The SMILES string of the molecule is CCCc1cncnc1N1C[C@@H](C(=O)O)[C@H](C(C)C)C1. The molecule has 2 heterocycles. The molecule has 20 heavy (non-hydrogen) atoms. The number of carbonyl (C=O) groups is 1. The molecule has 1 fully saturated rings. The molecule has 0 saturated carbocycles. The van der Waals surface area contributed by atoms with Gasteiger partial charge >= 0.3 is 5.97 Å². The van der Waals surface area contributed by atoms with Crippen LogP contribution in [0.1, 0.15) is 32.8 Å². The van der Waals surface area contributed by atoms with Gasteiger partial charge in [-0.3, -0.25) is 4.79 Å². The predicted molar refractivity (Wildman–Crippen MR) is 77.7 cm³/mol. The molecular formula is C15H23N3O2. The lowest BCUT2D eigenvalue weighted by molar-refractivity contribution is -0.142. The summed E-state index contributed by atoms with van der Waals surface area (Å²) in [4.78, 5) is 22.0. The first kappa shape index (κ1) is 14.8. The molecule has 2 atom stereocenters. The number of hydrogen-bond acceptors (Lipinski definition) is 4. The van der Waals surface area contributed by atoms with Gasteiger partial charge in [-0.15, -0.1) is 0 Å². The van der Waals surface area contributed by atoms with Gasteiger partial charge < -0.3 is 10.0 Å². The standard InChI is InChI=1S/C15H23N3O2/c1-4-5-11-6-16-9-17-14(11)18-7-12(10(2)3)13(8-18)15(19)20/h6,9-10,12-13H,4-5,7-8H2,1-3H3,(H,19,20)/t12-,13+/m0/s1. The van der Waals surface area contributed by atoms with E-state index >= 15 is 0 Å². The van der Waals surface area contributed by atoms with E-state index in [0.717, 1.165) is 30.8 Å². The van der Waals surface area contributed by atoms with Gasteiger partial charge in [0.2, 0.25) is 0 Å². The molecule has 0 aliphatic carbocycles. The average Bonchev–Trinajstić information content (AvgIpc) is 2.85. The minimum atomic E-state index is -0.697. The Bertz CT molecular complexity index is 476. The quantitative estimate of drug-likeness (QED) is 0.894. The van der Waals surface area contributed by atoms with E-state index in [-0.39, 0.29) is 11.8 Å². The number of aromatic nitrogens is 2. The number of nitrogens with zero attached hydrogens (tertiary/aromatic N) is 3. The molecule has 1 aromatic rings. The van der Waals surface area contributed by atoms with Crippen LogP contribution < -0.4 is 4.90 Å². The molecule has 1 aliphatic heterocycles. The minimum absolute atomic E-state index is 0.178. The summed E-state index contributed by atoms with van der Waals surface area (Å²) in [6.07, 6.45) is 5.36. The van der Waals surface area contributed by atoms with Crippen LogP contribution in [0.5, 0.6) is 0 Å². The Morgan fingerprint density at radius 2 is 2.25 bits per heavy atom. The second-order valence-corrected chi connectivity index (χ2v) is 5.88. The maximum atomic E-state index is 11.4. The molecule has 0 unspecified atom stereocenters. The van der Waals surface area contributed by atoms with Crippen molar-refractivity contribution < 1.29 is 9.90 Å². The molecule has 0 spiro atoms. The summed E-state index contributed by atoms with van der Waals surface area (Å²) in [5, 5.41) is 9.41. The summed E-state index contributed by atoms with van der Waals surface area (Å²) in [5.74, 6) is 0.447. The normalized spacial score (nSPS) is 22.5. The monoisotopic (exact) mass is 277 g/mol. The molecule has 1 aromatic heterocycles. The molecule has 0 bridgehead atoms. The first-order valence-electron chi connectivity index (χ1n) is 7.31. The first-order chi connectivity index (χ1) is 9.54. The lowest BCUT2D eigenvalue weighted by atomic mass is 9.86. The van der Waals surface area contributed by atoms with Crippen LogP contribution in [0.4, 0.5) is 5.82 Å². The zero-order chi connectivity index (χ0) is 14.7. The topological polar surface area (TPSA) is 66.3 Å². The minimum Gasteiger partial charge on any atom is -0.481 e. The summed E-state index contributed by atoms with van der Waals surface area (Å²) in [5.41, 5.74) is 1.11. The van der Waals surface area contributed by atoms with Crippen molar-refractivity contribution in [1.82, 2.24) is 9.97 Å². The fourth-order valence-electron chi connectivity index (χ4n) is 3.02. The number of rotatable bonds is 5. The van der Waals surface area contributed by atoms with Crippen molar-refractivity contribution in [3.63, 3.8) is 0 Å². The number of aryl methyl sites for hydroxylation is 1. The summed E-state index contributed by atoms with van der Waals surface area (Å²) in [6, 6.07) is 0. The van der Waals surface area contributed by atoms with Gasteiger partial charge in [-0.25, -0.2) is 9.97 Å². The van der Waals surface area contributed by atoms with E-state index in [2.05, 4.69) is 35.6 Å². The van der Waals surface area contributed by atoms with Crippen molar-refractivity contribution in [3.8, 4) is 0 Å². The van der Waals surface area contributed by atoms with Gasteiger partial charge in [-0.1, -0.05) is 27.2 Å². The van der Waals surface area contributed by atoms with Gasteiger partial charge in [0, 0.05) is 24.8 Å². The largest absolute Gasteiger partial charge is 0.481 e. The third kappa shape index (κ3) is 2.92. The van der Waals surface area contributed by atoms with Gasteiger partial charge in [-0.2, -0.15) is 0 Å². The van der Waals surface area contributed by atoms with E-state index < -0.39 is 5.97 Å². The maximum Gasteiger partial charge on any atom is 0.308 e. The maximum absolute atomic E-state index is 11.4. The van der Waals surface area contributed by atoms with Crippen molar-refractivity contribution >= 4 is 11.8 Å². The van der Waals surface area contributed by atoms with E-state index in [4.69, 9.17) is 0 Å². The number of aliphatic carboxylic acids is 1. The Morgan fingerprint density at radius 1 is 1.50 bits per heavy atom. The molecule has 2 rings (SSSR count). The highest BCUT2D eigenvalue weighted by atomic mass is 16.4. The average molecular weight is 277 g/mol. The number of carboxylic acids is 1. The van der Waals surface area contributed by atoms with Crippen LogP contribution >= 0.6 is 0 Å². The van der Waals surface area contributed by atoms with Crippen LogP contribution in [-0.2, 0) is 11.2 Å². The number of carboxylic acid groups (broad SMARTS) is 1. The van der Waals surface area contributed by atoms with Crippen LogP contribution in [0.3, 0.4) is 0 Å². The summed E-state index contributed by atoms with van der Waals surface area (Å²) < 4.78 is 0. The summed E-state index contributed by atoms with van der Waals surface area (Å²) in [6.45, 7) is 7.63. The Balaban J connectivity index is 2.24. The van der Waals surface area contributed by atoms with Crippen LogP contribution in [0.15, 0.2) is 12.5 Å². The molecule has 0 amide bonds. The fraction of sp³-hybridized carbons (Fsp3) is 0.667. The van der Waals surface area contributed by atoms with Gasteiger partial charge in [0.05, 0.1) is 5.92 Å². The summed E-state index contributed by atoms with van der Waals surface area (Å²) >= 11 is 0. The van der Waals surface area contributed by atoms with E-state index in [0.29, 0.717) is 12.5 Å². The van der Waals surface area contributed by atoms with E-state index in [9.17, 15) is 9.90 Å². The van der Waals surface area contributed by atoms with Crippen LogP contribution in [-0.4, -0.2) is 34.1 Å². The molecule has 5 nitrogen and oxygen atoms in total. The molecule has 1 N–H and O–H groups in total. The highest BCUT2D eigenvalue weighted by Gasteiger charge is 2.40. The Morgan fingerprint density at radius 3 is 2.80 bits per heavy atom. The van der Waals surface area contributed by atoms with E-state index in [1.54, 1.807) is 6.33 Å². The van der Waals surface area contributed by atoms with Crippen LogP contribution in [0.2, 0.25) is 0 Å². The smallest absolute Gasteiger partial charge is 0.308 e. The van der Waals surface area contributed by atoms with E-state index in [1.165, 1.54) is 0 Å². The van der Waals surface area contributed by atoms with E-state index in [1.807, 2.05) is 6.20 Å². The van der Waals surface area contributed by atoms with Gasteiger partial charge in [0.25, 0.3) is 0 Å². The van der Waals surface area contributed by atoms with Gasteiger partial charge in [0.15, 0.2) is 0 Å². The van der Waals surface area contributed by atoms with Crippen molar-refractivity contribution in [2.75, 3.05) is 18.0 Å². The number of hydrogen-bond donors (Lipinski definition) is 1. The Hall–Kier alpha value is -1.65. The molecule has 110 valence electrons. The van der Waals surface area contributed by atoms with Gasteiger partial charge in [0.1, 0.15) is 12.1 Å². The van der Waals surface area contributed by atoms with Crippen molar-refractivity contribution in [1.29, 1.82) is 0 Å². The Kier molecular flexibility index (Phi) is 4.57. The Labute approximate surface area is 120 Å². The molecule has 1 saturated heterocycles. The highest BCUT2D eigenvalue weighted by molar-refractivity contribution is 5.72. The highest BCUT2D eigenvalue weighted by Crippen LogP contribution is 2.33. The molecular weight excluding hydrogens is 254 g/mol. The van der Waals surface area contributed by atoms with Crippen molar-refractivity contribution in [3.05, 3.63) is 18.1 Å². The third-order valence-electron chi connectivity index (χ3n) is 4.12. The zero-order valence-electron chi connectivity index (χ0n) is 12.4.